The van der Waals surface area contributed by atoms with Crippen molar-refractivity contribution in [2.24, 2.45) is 11.3 Å². The van der Waals surface area contributed by atoms with Gasteiger partial charge in [0.25, 0.3) is 0 Å². The van der Waals surface area contributed by atoms with Crippen molar-refractivity contribution in [2.45, 2.75) is 81.5 Å². The second-order valence-electron chi connectivity index (χ2n) is 12.6. The fourth-order valence-electron chi connectivity index (χ4n) is 8.89. The molecule has 2 spiro atoms. The van der Waals surface area contributed by atoms with E-state index in [1.165, 1.54) is 40.3 Å². The molecule has 2 bridgehead atoms. The van der Waals surface area contributed by atoms with E-state index in [1.54, 1.807) is 0 Å². The first-order valence-corrected chi connectivity index (χ1v) is 13.4. The van der Waals surface area contributed by atoms with Crippen molar-refractivity contribution in [3.8, 4) is 0 Å². The maximum atomic E-state index is 12.9. The predicted molar refractivity (Wildman–Crippen MR) is 137 cm³/mol. The first-order chi connectivity index (χ1) is 16.2. The van der Waals surface area contributed by atoms with Crippen LogP contribution in [0, 0.1) is 16.5 Å². The van der Waals surface area contributed by atoms with Crippen LogP contribution >= 0.6 is 0 Å². The van der Waals surface area contributed by atoms with Crippen LogP contribution in [0.3, 0.4) is 0 Å². The van der Waals surface area contributed by atoms with Crippen molar-refractivity contribution in [1.82, 2.24) is 0 Å². The molecule has 0 radical (unpaired) electrons. The zero-order chi connectivity index (χ0) is 23.3. The van der Waals surface area contributed by atoms with Gasteiger partial charge in [0.05, 0.1) is 31.3 Å². The lowest BCUT2D eigenvalue weighted by molar-refractivity contribution is -0.869. The summed E-state index contributed by atoms with van der Waals surface area (Å²) in [6.07, 6.45) is 13.8. The van der Waals surface area contributed by atoms with Gasteiger partial charge in [0.2, 0.25) is 0 Å². The third-order valence-electron chi connectivity index (χ3n) is 10.7. The van der Waals surface area contributed by atoms with Gasteiger partial charge in [0.15, 0.2) is 0 Å². The van der Waals surface area contributed by atoms with E-state index in [4.69, 9.17) is 4.74 Å². The molecule has 2 heterocycles. The van der Waals surface area contributed by atoms with Crippen molar-refractivity contribution < 1.29 is 9.38 Å². The molecular weight excluding hydrogens is 418 g/mol. The Balaban J connectivity index is 1.27. The Morgan fingerprint density at radius 2 is 1.82 bits per heavy atom. The van der Waals surface area contributed by atoms with Crippen molar-refractivity contribution in [3.05, 3.63) is 76.5 Å². The molecule has 2 aliphatic heterocycles. The molecule has 3 fully saturated rings. The van der Waals surface area contributed by atoms with Gasteiger partial charge < -0.3 is 14.6 Å². The smallest absolute Gasteiger partial charge is 0.0975 e. The number of hydrogen-bond acceptors (Lipinski definition) is 2. The Hall–Kier alpha value is -1.94. The second-order valence-corrected chi connectivity index (χ2v) is 12.6. The van der Waals surface area contributed by atoms with E-state index in [-0.39, 0.29) is 27.3 Å². The van der Waals surface area contributed by atoms with Gasteiger partial charge in [-0.1, -0.05) is 61.5 Å². The second kappa shape index (κ2) is 6.84. The lowest BCUT2D eigenvalue weighted by Crippen LogP contribution is -2.56. The van der Waals surface area contributed by atoms with Gasteiger partial charge in [0.1, 0.15) is 0 Å². The minimum absolute atomic E-state index is 0.140. The number of ether oxygens (including phenoxy) is 1. The largest absolute Gasteiger partial charge is 0.633 e. The Morgan fingerprint density at radius 3 is 2.65 bits per heavy atom. The molecule has 0 amide bonds. The van der Waals surface area contributed by atoms with Crippen molar-refractivity contribution in [2.75, 3.05) is 14.1 Å². The fraction of sp³-hybridized carbons (Fsp3) is 0.548. The summed E-state index contributed by atoms with van der Waals surface area (Å²) in [6.45, 7) is 2.54. The Morgan fingerprint density at radius 1 is 1.00 bits per heavy atom. The summed E-state index contributed by atoms with van der Waals surface area (Å²) in [6, 6.07) is 16.0. The molecule has 1 saturated heterocycles. The summed E-state index contributed by atoms with van der Waals surface area (Å²) in [5.41, 5.74) is 4.31. The Kier molecular flexibility index (Phi) is 4.29. The van der Waals surface area contributed by atoms with E-state index in [9.17, 15) is 5.21 Å². The highest BCUT2D eigenvalue weighted by atomic mass is 16.5. The van der Waals surface area contributed by atoms with Crippen LogP contribution in [0.25, 0.3) is 10.8 Å². The highest BCUT2D eigenvalue weighted by Crippen LogP contribution is 2.69. The van der Waals surface area contributed by atoms with Crippen molar-refractivity contribution in [1.29, 1.82) is 0 Å². The predicted octanol–water partition coefficient (Wildman–Crippen LogP) is 7.02. The number of benzene rings is 2. The van der Waals surface area contributed by atoms with Gasteiger partial charge in [-0.15, -0.1) is 0 Å². The standard InChI is InChI=1S/C31H37NO2/c1-29-15-14-25-19-24-10-11-26(32(2,3)33)20-30(24)16-17-31(25,34-30)28(29)13-12-27(29)23-9-8-21-6-4-5-7-22(21)18-23/h4-9,14,18-19,26-28H,10-13,15-17,20H2,1-3H3/t26-,27-,28-,29-,30-,31-/m1/s1. The van der Waals surface area contributed by atoms with Gasteiger partial charge >= 0.3 is 0 Å². The summed E-state index contributed by atoms with van der Waals surface area (Å²) in [5.74, 6) is 1.11. The van der Waals surface area contributed by atoms with E-state index in [2.05, 4.69) is 61.5 Å². The van der Waals surface area contributed by atoms with Crippen LogP contribution in [0.4, 0.5) is 0 Å². The van der Waals surface area contributed by atoms with Crippen LogP contribution in [0.5, 0.6) is 0 Å². The van der Waals surface area contributed by atoms with Gasteiger partial charge in [0, 0.05) is 12.8 Å². The van der Waals surface area contributed by atoms with E-state index in [1.807, 2.05) is 14.1 Å². The van der Waals surface area contributed by atoms with Gasteiger partial charge in [-0.2, -0.15) is 0 Å². The van der Waals surface area contributed by atoms with Crippen LogP contribution in [0.1, 0.15) is 69.8 Å². The number of nitrogens with zero attached hydrogens (tertiary/aromatic N) is 1. The minimum Gasteiger partial charge on any atom is -0.633 e. The lowest BCUT2D eigenvalue weighted by atomic mass is 9.58. The van der Waals surface area contributed by atoms with Gasteiger partial charge in [-0.05, 0) is 83.3 Å². The molecule has 2 saturated carbocycles. The molecule has 34 heavy (non-hydrogen) atoms. The summed E-state index contributed by atoms with van der Waals surface area (Å²) >= 11 is 0. The quantitative estimate of drug-likeness (QED) is 0.360. The number of hydrogen-bond donors (Lipinski definition) is 0. The first kappa shape index (κ1) is 21.4. The maximum absolute atomic E-state index is 12.9. The lowest BCUT2D eigenvalue weighted by Gasteiger charge is -2.55. The molecule has 3 nitrogen and oxygen atoms in total. The van der Waals surface area contributed by atoms with E-state index < -0.39 is 0 Å². The Labute approximate surface area is 203 Å². The molecule has 2 aromatic rings. The molecule has 6 atom stereocenters. The molecule has 0 N–H and O–H groups in total. The van der Waals surface area contributed by atoms with Crippen molar-refractivity contribution >= 4 is 10.8 Å². The van der Waals surface area contributed by atoms with E-state index in [0.717, 1.165) is 38.5 Å². The summed E-state index contributed by atoms with van der Waals surface area (Å²) in [7, 11) is 3.63. The van der Waals surface area contributed by atoms with E-state index in [0.29, 0.717) is 11.8 Å². The SMILES string of the molecule is C[C@]12CC=C3C=C4CC[C@@H]([N+](C)(C)[O-])C[C@]45CC[C@]3(O5)[C@@H]1CC[C@@H]2c1ccc2ccccc2c1. The highest BCUT2D eigenvalue weighted by molar-refractivity contribution is 5.83. The highest BCUT2D eigenvalue weighted by Gasteiger charge is 2.67. The third kappa shape index (κ3) is 2.75. The zero-order valence-electron chi connectivity index (χ0n) is 20.8. The molecular formula is C31H37NO2. The van der Waals surface area contributed by atoms with Gasteiger partial charge in [-0.25, -0.2) is 0 Å². The van der Waals surface area contributed by atoms with Crippen LogP contribution in [-0.2, 0) is 4.74 Å². The molecule has 5 aliphatic rings. The third-order valence-corrected chi connectivity index (χ3v) is 10.7. The number of rotatable bonds is 2. The fourth-order valence-corrected chi connectivity index (χ4v) is 8.89. The number of hydroxylamine groups is 3. The molecule has 3 aliphatic carbocycles. The number of allylic oxidation sites excluding steroid dienone is 1. The average Bonchev–Trinajstić information content (AvgIpc) is 3.33. The number of fused-ring (bicyclic) bond motifs is 2. The Bertz CT molecular complexity index is 1240. The van der Waals surface area contributed by atoms with E-state index >= 15 is 0 Å². The average molecular weight is 456 g/mol. The molecule has 0 unspecified atom stereocenters. The summed E-state index contributed by atoms with van der Waals surface area (Å²) in [4.78, 5) is 0. The topological polar surface area (TPSA) is 32.3 Å². The first-order valence-electron chi connectivity index (χ1n) is 13.4. The monoisotopic (exact) mass is 455 g/mol. The van der Waals surface area contributed by atoms with Gasteiger partial charge in [-0.3, -0.25) is 0 Å². The zero-order valence-corrected chi connectivity index (χ0v) is 20.8. The van der Waals surface area contributed by atoms with Crippen LogP contribution < -0.4 is 0 Å². The molecule has 178 valence electrons. The van der Waals surface area contributed by atoms with Crippen LogP contribution in [-0.4, -0.2) is 36.0 Å². The molecule has 2 aromatic carbocycles. The van der Waals surface area contributed by atoms with Crippen LogP contribution in [0.2, 0.25) is 0 Å². The summed E-state index contributed by atoms with van der Waals surface area (Å²) in [5, 5.41) is 15.5. The summed E-state index contributed by atoms with van der Waals surface area (Å²) < 4.78 is 7.16. The molecule has 3 heteroatoms. The van der Waals surface area contributed by atoms with Crippen molar-refractivity contribution in [3.63, 3.8) is 0 Å². The van der Waals surface area contributed by atoms with Crippen LogP contribution in [0.15, 0.2) is 65.8 Å². The molecule has 7 rings (SSSR count). The number of quaternary nitrogens is 1. The minimum atomic E-state index is -0.195. The molecule has 0 aromatic heterocycles. The maximum Gasteiger partial charge on any atom is 0.0975 e. The normalized spacial score (nSPS) is 40.9.